The van der Waals surface area contributed by atoms with Crippen LogP contribution in [0, 0.1) is 0 Å². The molecule has 0 aliphatic carbocycles. The first kappa shape index (κ1) is 16.2. The fourth-order valence-corrected chi connectivity index (χ4v) is 5.90. The van der Waals surface area contributed by atoms with Gasteiger partial charge in [0.25, 0.3) is 0 Å². The highest BCUT2D eigenvalue weighted by Crippen LogP contribution is 2.34. The van der Waals surface area contributed by atoms with Crippen molar-refractivity contribution in [1.82, 2.24) is 0 Å². The van der Waals surface area contributed by atoms with E-state index in [1.165, 1.54) is 0 Å². The molecule has 3 nitrogen and oxygen atoms in total. The number of ether oxygens (including phenoxy) is 1. The van der Waals surface area contributed by atoms with Crippen LogP contribution in [0.15, 0.2) is 24.3 Å². The Balaban J connectivity index is 2.75. The molecule has 0 unspecified atom stereocenters. The molecule has 0 spiro atoms. The third-order valence-corrected chi connectivity index (χ3v) is 8.00. The second-order valence-electron chi connectivity index (χ2n) is 5.37. The minimum absolute atomic E-state index is 0.427. The van der Waals surface area contributed by atoms with Crippen LogP contribution in [0.5, 0.6) is 5.75 Å². The Labute approximate surface area is 118 Å². The highest BCUT2D eigenvalue weighted by Gasteiger charge is 2.43. The molecule has 0 atom stereocenters. The van der Waals surface area contributed by atoms with E-state index in [2.05, 4.69) is 27.7 Å². The van der Waals surface area contributed by atoms with Gasteiger partial charge in [0, 0.05) is 7.11 Å². The second kappa shape index (κ2) is 7.08. The lowest BCUT2D eigenvalue weighted by Crippen LogP contribution is -2.47. The topological polar surface area (TPSA) is 27.7 Å². The first-order chi connectivity index (χ1) is 8.96. The Morgan fingerprint density at radius 3 is 1.84 bits per heavy atom. The van der Waals surface area contributed by atoms with Crippen molar-refractivity contribution in [2.75, 3.05) is 14.2 Å². The van der Waals surface area contributed by atoms with Gasteiger partial charge in [-0.05, 0) is 28.8 Å². The lowest BCUT2D eigenvalue weighted by molar-refractivity contribution is 0.173. The molecule has 108 valence electrons. The molecule has 0 aliphatic rings. The number of hydrogen-bond donors (Lipinski definition) is 0. The van der Waals surface area contributed by atoms with Crippen molar-refractivity contribution in [2.24, 2.45) is 0 Å². The van der Waals surface area contributed by atoms with E-state index in [4.69, 9.17) is 13.6 Å². The van der Waals surface area contributed by atoms with E-state index >= 15 is 0 Å². The first-order valence-corrected chi connectivity index (χ1v) is 8.75. The van der Waals surface area contributed by atoms with Gasteiger partial charge in [0.2, 0.25) is 0 Å². The molecule has 1 aromatic carbocycles. The maximum absolute atomic E-state index is 6.24. The maximum atomic E-state index is 6.24. The summed E-state index contributed by atoms with van der Waals surface area (Å²) >= 11 is 0. The molecule has 0 aromatic heterocycles. The minimum atomic E-state index is -2.16. The average molecular weight is 282 g/mol. The Kier molecular flexibility index (Phi) is 6.04. The lowest BCUT2D eigenvalue weighted by atomic mass is 10.2. The van der Waals surface area contributed by atoms with E-state index in [-0.39, 0.29) is 0 Å². The molecule has 19 heavy (non-hydrogen) atoms. The van der Waals surface area contributed by atoms with Crippen LogP contribution in [-0.2, 0) is 15.5 Å². The molecule has 0 heterocycles. The molecule has 0 bridgehead atoms. The van der Waals surface area contributed by atoms with Crippen LogP contribution < -0.4 is 4.74 Å². The number of methoxy groups -OCH3 is 1. The fourth-order valence-electron chi connectivity index (χ4n) is 2.45. The van der Waals surface area contributed by atoms with Crippen molar-refractivity contribution in [3.63, 3.8) is 0 Å². The van der Waals surface area contributed by atoms with E-state index in [0.717, 1.165) is 11.3 Å². The van der Waals surface area contributed by atoms with Crippen molar-refractivity contribution < 1.29 is 13.6 Å². The minimum Gasteiger partial charge on any atom is -0.497 e. The molecular weight excluding hydrogens is 256 g/mol. The van der Waals surface area contributed by atoms with E-state index in [1.54, 1.807) is 14.2 Å². The summed E-state index contributed by atoms with van der Waals surface area (Å²) in [5.41, 5.74) is 2.00. The van der Waals surface area contributed by atoms with Crippen LogP contribution in [0.25, 0.3) is 0 Å². The van der Waals surface area contributed by atoms with Crippen LogP contribution in [0.4, 0.5) is 0 Å². The third-order valence-electron chi connectivity index (χ3n) is 3.55. The molecular formula is C15H26O3Si. The van der Waals surface area contributed by atoms with Crippen molar-refractivity contribution >= 4 is 8.56 Å². The Morgan fingerprint density at radius 1 is 0.947 bits per heavy atom. The lowest BCUT2D eigenvalue weighted by Gasteiger charge is -2.36. The third kappa shape index (κ3) is 3.81. The van der Waals surface area contributed by atoms with Gasteiger partial charge in [0.15, 0.2) is 0 Å². The molecule has 1 aromatic rings. The molecule has 4 heteroatoms. The van der Waals surface area contributed by atoms with E-state index < -0.39 is 8.56 Å². The van der Waals surface area contributed by atoms with Gasteiger partial charge in [-0.1, -0.05) is 39.8 Å². The normalized spacial score (nSPS) is 12.2. The summed E-state index contributed by atoms with van der Waals surface area (Å²) in [5.74, 6) is 0.867. The zero-order chi connectivity index (χ0) is 14.5. The predicted octanol–water partition coefficient (Wildman–Crippen LogP) is 4.12. The molecule has 0 aliphatic heterocycles. The second-order valence-corrected chi connectivity index (χ2v) is 9.82. The summed E-state index contributed by atoms with van der Waals surface area (Å²) in [4.78, 5) is 0. The van der Waals surface area contributed by atoms with Gasteiger partial charge in [-0.3, -0.25) is 0 Å². The quantitative estimate of drug-likeness (QED) is 0.704. The summed E-state index contributed by atoms with van der Waals surface area (Å²) in [6.45, 7) is 9.33. The SMILES string of the molecule is COc1ccc(CO[Si](OC)(C(C)C)C(C)C)cc1. The number of benzene rings is 1. The Hall–Kier alpha value is -0.843. The summed E-state index contributed by atoms with van der Waals surface area (Å²) in [7, 11) is 1.29. The summed E-state index contributed by atoms with van der Waals surface area (Å²) in [5, 5.41) is 0. The summed E-state index contributed by atoms with van der Waals surface area (Å²) < 4.78 is 17.2. The van der Waals surface area contributed by atoms with Crippen molar-refractivity contribution in [1.29, 1.82) is 0 Å². The molecule has 0 amide bonds. The zero-order valence-electron chi connectivity index (χ0n) is 12.9. The van der Waals surface area contributed by atoms with Crippen molar-refractivity contribution in [3.05, 3.63) is 29.8 Å². The van der Waals surface area contributed by atoms with Crippen LogP contribution in [-0.4, -0.2) is 22.8 Å². The van der Waals surface area contributed by atoms with E-state index in [1.807, 2.05) is 24.3 Å². The molecule has 0 radical (unpaired) electrons. The monoisotopic (exact) mass is 282 g/mol. The van der Waals surface area contributed by atoms with E-state index in [9.17, 15) is 0 Å². The number of hydrogen-bond acceptors (Lipinski definition) is 3. The summed E-state index contributed by atoms with van der Waals surface area (Å²) in [6.07, 6.45) is 0. The number of rotatable bonds is 7. The highest BCUT2D eigenvalue weighted by atomic mass is 28.4. The predicted molar refractivity (Wildman–Crippen MR) is 80.7 cm³/mol. The highest BCUT2D eigenvalue weighted by molar-refractivity contribution is 6.70. The smallest absolute Gasteiger partial charge is 0.343 e. The van der Waals surface area contributed by atoms with Crippen molar-refractivity contribution in [3.8, 4) is 5.75 Å². The zero-order valence-corrected chi connectivity index (χ0v) is 13.9. The van der Waals surface area contributed by atoms with Gasteiger partial charge in [-0.25, -0.2) is 0 Å². The first-order valence-electron chi connectivity index (χ1n) is 6.78. The van der Waals surface area contributed by atoms with Gasteiger partial charge in [-0.15, -0.1) is 0 Å². The van der Waals surface area contributed by atoms with Crippen molar-refractivity contribution in [2.45, 2.75) is 45.4 Å². The maximum Gasteiger partial charge on any atom is 0.343 e. The fraction of sp³-hybridized carbons (Fsp3) is 0.600. The molecule has 0 fully saturated rings. The van der Waals surface area contributed by atoms with Gasteiger partial charge in [-0.2, -0.15) is 0 Å². The largest absolute Gasteiger partial charge is 0.497 e. The Bertz CT molecular complexity index is 365. The van der Waals surface area contributed by atoms with E-state index in [0.29, 0.717) is 17.7 Å². The molecule has 0 N–H and O–H groups in total. The molecule has 1 rings (SSSR count). The standard InChI is InChI=1S/C15H26O3Si/c1-12(2)19(17-6,13(3)4)18-11-14-7-9-15(16-5)10-8-14/h7-10,12-13H,11H2,1-6H3. The van der Waals surface area contributed by atoms with Gasteiger partial charge < -0.3 is 13.6 Å². The molecule has 0 saturated heterocycles. The van der Waals surface area contributed by atoms with Crippen LogP contribution in [0.1, 0.15) is 33.3 Å². The van der Waals surface area contributed by atoms with Gasteiger partial charge in [0.05, 0.1) is 13.7 Å². The Morgan fingerprint density at radius 2 is 1.47 bits per heavy atom. The average Bonchev–Trinajstić information content (AvgIpc) is 2.40. The van der Waals surface area contributed by atoms with Crippen LogP contribution in [0.2, 0.25) is 11.1 Å². The van der Waals surface area contributed by atoms with Crippen LogP contribution in [0.3, 0.4) is 0 Å². The van der Waals surface area contributed by atoms with Crippen LogP contribution >= 0.6 is 0 Å². The van der Waals surface area contributed by atoms with Gasteiger partial charge >= 0.3 is 8.56 Å². The summed E-state index contributed by atoms with van der Waals surface area (Å²) in [6, 6.07) is 7.99. The molecule has 0 saturated carbocycles. The van der Waals surface area contributed by atoms with Gasteiger partial charge in [0.1, 0.15) is 5.75 Å².